The van der Waals surface area contributed by atoms with Crippen LogP contribution < -0.4 is 5.32 Å². The highest BCUT2D eigenvalue weighted by Crippen LogP contribution is 2.06. The minimum atomic E-state index is -0.506. The molecule has 15 heavy (non-hydrogen) atoms. The summed E-state index contributed by atoms with van der Waals surface area (Å²) >= 11 is 0. The van der Waals surface area contributed by atoms with Crippen molar-refractivity contribution in [3.8, 4) is 0 Å². The number of rotatable bonds is 4. The van der Waals surface area contributed by atoms with Gasteiger partial charge in [-0.1, -0.05) is 0 Å². The van der Waals surface area contributed by atoms with E-state index in [4.69, 9.17) is 9.15 Å². The molecule has 1 amide bonds. The molecule has 1 heterocycles. The number of furan rings is 1. The summed E-state index contributed by atoms with van der Waals surface area (Å²) < 4.78 is 9.85. The number of ether oxygens (including phenoxy) is 1. The fourth-order valence-corrected chi connectivity index (χ4v) is 0.949. The molecule has 82 valence electrons. The lowest BCUT2D eigenvalue weighted by Gasteiger charge is -2.07. The maximum atomic E-state index is 11.1. The monoisotopic (exact) mass is 211 g/mol. The number of nitrogens with one attached hydrogen (secondary N) is 1. The van der Waals surface area contributed by atoms with Gasteiger partial charge in [-0.25, -0.2) is 4.79 Å². The highest BCUT2D eigenvalue weighted by Gasteiger charge is 2.06. The molecule has 0 spiro atoms. The van der Waals surface area contributed by atoms with Gasteiger partial charge in [0.2, 0.25) is 0 Å². The number of amides is 1. The third-order valence-electron chi connectivity index (χ3n) is 1.55. The molecule has 0 unspecified atom stereocenters. The lowest BCUT2D eigenvalue weighted by atomic mass is 10.4. The fourth-order valence-electron chi connectivity index (χ4n) is 0.949. The molecule has 1 N–H and O–H groups in total. The van der Waals surface area contributed by atoms with E-state index in [0.29, 0.717) is 12.0 Å². The van der Waals surface area contributed by atoms with E-state index >= 15 is 0 Å². The Hall–Kier alpha value is -1.78. The summed E-state index contributed by atoms with van der Waals surface area (Å²) in [5.74, 6) is 0.661. The van der Waals surface area contributed by atoms with Crippen LogP contribution in [-0.4, -0.2) is 18.4 Å². The molecule has 0 aromatic carbocycles. The first-order chi connectivity index (χ1) is 7.11. The first-order valence-corrected chi connectivity index (χ1v) is 4.59. The van der Waals surface area contributed by atoms with Crippen molar-refractivity contribution >= 4 is 12.4 Å². The number of carbonyl (C=O) groups excluding carboxylic acids is 2. The third kappa shape index (κ3) is 3.84. The Balaban J connectivity index is 2.36. The molecule has 1 aromatic heterocycles. The van der Waals surface area contributed by atoms with Gasteiger partial charge in [-0.2, -0.15) is 0 Å². The SMILES string of the molecule is CC(C)NC(=O)OCc1ccc(C=O)o1. The Labute approximate surface area is 87.4 Å². The Morgan fingerprint density at radius 1 is 1.60 bits per heavy atom. The van der Waals surface area contributed by atoms with E-state index < -0.39 is 6.09 Å². The zero-order chi connectivity index (χ0) is 11.3. The molecule has 0 aliphatic heterocycles. The highest BCUT2D eigenvalue weighted by molar-refractivity contribution is 5.70. The van der Waals surface area contributed by atoms with Crippen molar-refractivity contribution in [2.75, 3.05) is 0 Å². The van der Waals surface area contributed by atoms with E-state index in [1.807, 2.05) is 13.8 Å². The summed E-state index contributed by atoms with van der Waals surface area (Å²) in [5.41, 5.74) is 0. The molecular weight excluding hydrogens is 198 g/mol. The van der Waals surface area contributed by atoms with Gasteiger partial charge in [0.25, 0.3) is 0 Å². The van der Waals surface area contributed by atoms with Crippen molar-refractivity contribution in [2.24, 2.45) is 0 Å². The van der Waals surface area contributed by atoms with Crippen LogP contribution in [0, 0.1) is 0 Å². The van der Waals surface area contributed by atoms with E-state index in [2.05, 4.69) is 5.32 Å². The van der Waals surface area contributed by atoms with Crippen LogP contribution >= 0.6 is 0 Å². The topological polar surface area (TPSA) is 68.5 Å². The van der Waals surface area contributed by atoms with Crippen molar-refractivity contribution in [3.05, 3.63) is 23.7 Å². The van der Waals surface area contributed by atoms with Crippen molar-refractivity contribution in [1.29, 1.82) is 0 Å². The molecule has 1 rings (SSSR count). The first-order valence-electron chi connectivity index (χ1n) is 4.59. The Morgan fingerprint density at radius 3 is 2.87 bits per heavy atom. The van der Waals surface area contributed by atoms with Crippen molar-refractivity contribution in [2.45, 2.75) is 26.5 Å². The molecule has 0 atom stereocenters. The van der Waals surface area contributed by atoms with Crippen LogP contribution in [0.4, 0.5) is 4.79 Å². The molecule has 5 nitrogen and oxygen atoms in total. The van der Waals surface area contributed by atoms with Gasteiger partial charge < -0.3 is 14.5 Å². The second kappa shape index (κ2) is 5.19. The lowest BCUT2D eigenvalue weighted by molar-refractivity contribution is 0.108. The van der Waals surface area contributed by atoms with Crippen molar-refractivity contribution in [1.82, 2.24) is 5.32 Å². The first kappa shape index (κ1) is 11.3. The van der Waals surface area contributed by atoms with Gasteiger partial charge in [-0.05, 0) is 26.0 Å². The van der Waals surface area contributed by atoms with Crippen LogP contribution in [0.2, 0.25) is 0 Å². The number of hydrogen-bond acceptors (Lipinski definition) is 4. The third-order valence-corrected chi connectivity index (χ3v) is 1.55. The summed E-state index contributed by atoms with van der Waals surface area (Å²) in [6.45, 7) is 3.68. The zero-order valence-corrected chi connectivity index (χ0v) is 8.65. The Kier molecular flexibility index (Phi) is 3.91. The second-order valence-corrected chi connectivity index (χ2v) is 3.30. The summed E-state index contributed by atoms with van der Waals surface area (Å²) in [7, 11) is 0. The minimum Gasteiger partial charge on any atom is -0.455 e. The predicted octanol–water partition coefficient (Wildman–Crippen LogP) is 1.73. The molecule has 0 saturated carbocycles. The number of carbonyl (C=O) groups is 2. The van der Waals surface area contributed by atoms with Crippen LogP contribution in [0.15, 0.2) is 16.5 Å². The number of hydrogen-bond donors (Lipinski definition) is 1. The van der Waals surface area contributed by atoms with Gasteiger partial charge in [0.15, 0.2) is 18.7 Å². The van der Waals surface area contributed by atoms with Gasteiger partial charge in [0.05, 0.1) is 0 Å². The zero-order valence-electron chi connectivity index (χ0n) is 8.65. The normalized spacial score (nSPS) is 10.1. The van der Waals surface area contributed by atoms with Gasteiger partial charge in [-0.15, -0.1) is 0 Å². The van der Waals surface area contributed by atoms with Gasteiger partial charge in [0, 0.05) is 6.04 Å². The summed E-state index contributed by atoms with van der Waals surface area (Å²) in [4.78, 5) is 21.3. The van der Waals surface area contributed by atoms with Crippen LogP contribution in [0.5, 0.6) is 0 Å². The van der Waals surface area contributed by atoms with Crippen LogP contribution in [0.1, 0.15) is 30.2 Å². The van der Waals surface area contributed by atoms with Gasteiger partial charge in [-0.3, -0.25) is 4.79 Å². The molecule has 1 aromatic rings. The largest absolute Gasteiger partial charge is 0.455 e. The summed E-state index contributed by atoms with van der Waals surface area (Å²) in [6.07, 6.45) is 0.0894. The highest BCUT2D eigenvalue weighted by atomic mass is 16.6. The average Bonchev–Trinajstić information content (AvgIpc) is 2.61. The van der Waals surface area contributed by atoms with E-state index in [9.17, 15) is 9.59 Å². The maximum absolute atomic E-state index is 11.1. The molecule has 5 heteroatoms. The van der Waals surface area contributed by atoms with E-state index in [-0.39, 0.29) is 18.4 Å². The van der Waals surface area contributed by atoms with E-state index in [0.717, 1.165) is 0 Å². The van der Waals surface area contributed by atoms with Gasteiger partial charge >= 0.3 is 6.09 Å². The Bertz CT molecular complexity index is 343. The van der Waals surface area contributed by atoms with Gasteiger partial charge in [0.1, 0.15) is 5.76 Å². The standard InChI is InChI=1S/C10H13NO4/c1-7(2)11-10(13)14-6-9-4-3-8(5-12)15-9/h3-5,7H,6H2,1-2H3,(H,11,13). The molecule has 0 bridgehead atoms. The summed E-state index contributed by atoms with van der Waals surface area (Å²) in [5, 5.41) is 2.56. The number of aldehydes is 1. The smallest absolute Gasteiger partial charge is 0.407 e. The second-order valence-electron chi connectivity index (χ2n) is 3.30. The van der Waals surface area contributed by atoms with Crippen LogP contribution in [-0.2, 0) is 11.3 Å². The van der Waals surface area contributed by atoms with Crippen LogP contribution in [0.25, 0.3) is 0 Å². The summed E-state index contributed by atoms with van der Waals surface area (Å²) in [6, 6.07) is 3.14. The number of alkyl carbamates (subject to hydrolysis) is 1. The maximum Gasteiger partial charge on any atom is 0.407 e. The fraction of sp³-hybridized carbons (Fsp3) is 0.400. The van der Waals surface area contributed by atoms with Crippen LogP contribution in [0.3, 0.4) is 0 Å². The molecule has 0 aliphatic carbocycles. The minimum absolute atomic E-state index is 0.0202. The predicted molar refractivity (Wildman–Crippen MR) is 52.6 cm³/mol. The molecule has 0 saturated heterocycles. The van der Waals surface area contributed by atoms with Crippen molar-refractivity contribution in [3.63, 3.8) is 0 Å². The van der Waals surface area contributed by atoms with E-state index in [1.54, 1.807) is 6.07 Å². The van der Waals surface area contributed by atoms with Crippen molar-refractivity contribution < 1.29 is 18.7 Å². The average molecular weight is 211 g/mol. The lowest BCUT2D eigenvalue weighted by Crippen LogP contribution is -2.30. The molecular formula is C10H13NO4. The quantitative estimate of drug-likeness (QED) is 0.770. The molecule has 0 fully saturated rings. The Morgan fingerprint density at radius 2 is 2.33 bits per heavy atom. The van der Waals surface area contributed by atoms with E-state index in [1.165, 1.54) is 6.07 Å². The molecule has 0 aliphatic rings. The molecule has 0 radical (unpaired) electrons.